The molecule has 0 spiro atoms. The molecule has 3 fully saturated rings. The Balaban J connectivity index is 1.51. The van der Waals surface area contributed by atoms with E-state index in [4.69, 9.17) is 11.6 Å². The van der Waals surface area contributed by atoms with Gasteiger partial charge in [0.2, 0.25) is 23.6 Å². The van der Waals surface area contributed by atoms with Crippen LogP contribution < -0.4 is 4.90 Å². The lowest BCUT2D eigenvalue weighted by atomic mass is 9.49. The van der Waals surface area contributed by atoms with Gasteiger partial charge in [-0.05, 0) is 67.1 Å². The molecule has 1 N–H and O–H groups in total. The number of carbonyl (C=O) groups is 4. The molecule has 2 aliphatic carbocycles. The van der Waals surface area contributed by atoms with Crippen LogP contribution in [-0.2, 0) is 24.6 Å². The molecular formula is C35H30BrClN2O5. The summed E-state index contributed by atoms with van der Waals surface area (Å²) < 4.78 is 0.700. The summed E-state index contributed by atoms with van der Waals surface area (Å²) in [6.07, 6.45) is 3.21. The van der Waals surface area contributed by atoms with Crippen LogP contribution in [0.1, 0.15) is 43.2 Å². The Morgan fingerprint density at radius 2 is 1.70 bits per heavy atom. The monoisotopic (exact) mass is 672 g/mol. The van der Waals surface area contributed by atoms with Crippen LogP contribution in [0.5, 0.6) is 5.75 Å². The molecule has 4 amide bonds. The summed E-state index contributed by atoms with van der Waals surface area (Å²) in [5.74, 6) is -4.47. The summed E-state index contributed by atoms with van der Waals surface area (Å²) in [7, 11) is 0. The molecule has 7 rings (SSSR count). The molecule has 3 aromatic carbocycles. The predicted molar refractivity (Wildman–Crippen MR) is 169 cm³/mol. The van der Waals surface area contributed by atoms with E-state index in [0.717, 1.165) is 5.57 Å². The number of phenols is 1. The van der Waals surface area contributed by atoms with Gasteiger partial charge >= 0.3 is 0 Å². The average Bonchev–Trinajstić information content (AvgIpc) is 3.40. The van der Waals surface area contributed by atoms with Gasteiger partial charge in [0, 0.05) is 27.5 Å². The van der Waals surface area contributed by atoms with E-state index in [0.29, 0.717) is 45.7 Å². The van der Waals surface area contributed by atoms with Crippen molar-refractivity contribution in [2.75, 3.05) is 11.4 Å². The number of anilines is 1. The third-order valence-electron chi connectivity index (χ3n) is 10.0. The molecule has 2 aliphatic heterocycles. The van der Waals surface area contributed by atoms with Crippen molar-refractivity contribution in [2.24, 2.45) is 23.7 Å². The Bertz CT molecular complexity index is 1760. The van der Waals surface area contributed by atoms with Crippen LogP contribution in [0.25, 0.3) is 0 Å². The third kappa shape index (κ3) is 4.00. The maximum atomic E-state index is 15.1. The van der Waals surface area contributed by atoms with Crippen molar-refractivity contribution in [2.45, 2.75) is 37.5 Å². The number of nitrogens with zero attached hydrogens (tertiary/aromatic N) is 2. The lowest BCUT2D eigenvalue weighted by molar-refractivity contribution is -0.140. The first-order chi connectivity index (χ1) is 21.2. The minimum absolute atomic E-state index is 0.0150. The van der Waals surface area contributed by atoms with Crippen LogP contribution in [0, 0.1) is 23.7 Å². The van der Waals surface area contributed by atoms with Gasteiger partial charge in [-0.3, -0.25) is 24.1 Å². The van der Waals surface area contributed by atoms with Crippen molar-refractivity contribution in [3.63, 3.8) is 0 Å². The number of likely N-dealkylation sites (tertiary alicyclic amines) is 1. The van der Waals surface area contributed by atoms with E-state index in [9.17, 15) is 19.5 Å². The second kappa shape index (κ2) is 10.7. The molecule has 0 aromatic heterocycles. The van der Waals surface area contributed by atoms with Gasteiger partial charge in [0.15, 0.2) is 0 Å². The summed E-state index contributed by atoms with van der Waals surface area (Å²) in [5.41, 5.74) is 0.890. The van der Waals surface area contributed by atoms with Crippen molar-refractivity contribution in [1.82, 2.24) is 4.90 Å². The Morgan fingerprint density at radius 1 is 0.932 bits per heavy atom. The first kappa shape index (κ1) is 29.0. The smallest absolute Gasteiger partial charge is 0.246 e. The first-order valence-electron chi connectivity index (χ1n) is 14.9. The van der Waals surface area contributed by atoms with E-state index in [2.05, 4.69) is 15.9 Å². The quantitative estimate of drug-likeness (QED) is 0.251. The Labute approximate surface area is 268 Å². The zero-order chi connectivity index (χ0) is 30.9. The number of halogens is 2. The predicted octanol–water partition coefficient (Wildman–Crippen LogP) is 6.38. The van der Waals surface area contributed by atoms with Gasteiger partial charge in [-0.15, -0.1) is 0 Å². The SMILES string of the molecule is CCCN1C(=O)C2CC=C3C(CC4C(=O)N(c5cccc(Cl)c5)C(=O)C4(c4ccccc4)C3c3cc(Br)ccc3O)C2C1=O. The zero-order valence-corrected chi connectivity index (χ0v) is 26.3. The van der Waals surface area contributed by atoms with E-state index in [1.807, 2.05) is 43.3 Å². The van der Waals surface area contributed by atoms with Crippen LogP contribution in [0.3, 0.4) is 0 Å². The van der Waals surface area contributed by atoms with Crippen LogP contribution in [-0.4, -0.2) is 40.2 Å². The fourth-order valence-electron chi connectivity index (χ4n) is 8.35. The minimum Gasteiger partial charge on any atom is -0.508 e. The van der Waals surface area contributed by atoms with Gasteiger partial charge in [-0.1, -0.05) is 82.5 Å². The van der Waals surface area contributed by atoms with Crippen LogP contribution in [0.4, 0.5) is 5.69 Å². The van der Waals surface area contributed by atoms with Gasteiger partial charge in [0.25, 0.3) is 0 Å². The molecule has 0 radical (unpaired) electrons. The highest BCUT2D eigenvalue weighted by atomic mass is 79.9. The maximum absolute atomic E-state index is 15.1. The third-order valence-corrected chi connectivity index (χ3v) is 10.7. The molecule has 224 valence electrons. The Hall–Kier alpha value is -3.75. The highest BCUT2D eigenvalue weighted by molar-refractivity contribution is 9.10. The molecular weight excluding hydrogens is 644 g/mol. The molecule has 0 bridgehead atoms. The standard InChI is InChI=1S/C35H30BrClN2O5/c1-2-15-38-31(41)24-13-12-23-25(29(24)33(38)43)18-27-32(42)39(22-10-6-9-21(37)17-22)34(44)35(27,19-7-4-3-5-8-19)30(23)26-16-20(36)11-14-28(26)40/h3-12,14,16-17,24-25,27,29-30,40H,2,13,15,18H2,1H3. The molecule has 7 nitrogen and oxygen atoms in total. The summed E-state index contributed by atoms with van der Waals surface area (Å²) >= 11 is 9.90. The molecule has 9 heteroatoms. The molecule has 6 unspecified atom stereocenters. The van der Waals surface area contributed by atoms with Crippen LogP contribution in [0.2, 0.25) is 5.02 Å². The minimum atomic E-state index is -1.43. The summed E-state index contributed by atoms with van der Waals surface area (Å²) in [6, 6.07) is 21.0. The summed E-state index contributed by atoms with van der Waals surface area (Å²) in [6.45, 7) is 2.28. The van der Waals surface area contributed by atoms with Gasteiger partial charge in [-0.2, -0.15) is 0 Å². The normalized spacial score (nSPS) is 29.4. The van der Waals surface area contributed by atoms with Crippen molar-refractivity contribution in [3.05, 3.63) is 105 Å². The largest absolute Gasteiger partial charge is 0.508 e. The second-order valence-electron chi connectivity index (χ2n) is 12.1. The molecule has 2 saturated heterocycles. The number of benzene rings is 3. The maximum Gasteiger partial charge on any atom is 0.246 e. The number of phenolic OH excluding ortho intramolecular Hbond substituents is 1. The number of fused-ring (bicyclic) bond motifs is 4. The van der Waals surface area contributed by atoms with Gasteiger partial charge in [-0.25, -0.2) is 4.90 Å². The highest BCUT2D eigenvalue weighted by Crippen LogP contribution is 2.65. The van der Waals surface area contributed by atoms with Gasteiger partial charge in [0.1, 0.15) is 5.75 Å². The number of aromatic hydroxyl groups is 1. The van der Waals surface area contributed by atoms with Crippen molar-refractivity contribution in [3.8, 4) is 5.75 Å². The van der Waals surface area contributed by atoms with E-state index >= 15 is 4.79 Å². The number of carbonyl (C=O) groups excluding carboxylic acids is 4. The van der Waals surface area contributed by atoms with E-state index in [1.165, 1.54) is 9.80 Å². The van der Waals surface area contributed by atoms with Crippen molar-refractivity contribution < 1.29 is 24.3 Å². The topological polar surface area (TPSA) is 95.0 Å². The zero-order valence-electron chi connectivity index (χ0n) is 24.0. The summed E-state index contributed by atoms with van der Waals surface area (Å²) in [5, 5.41) is 11.8. The Kier molecular flexibility index (Phi) is 7.05. The number of hydrogen-bond donors (Lipinski definition) is 1. The average molecular weight is 674 g/mol. The number of rotatable bonds is 5. The molecule has 3 aromatic rings. The fraction of sp³-hybridized carbons (Fsp3) is 0.314. The van der Waals surface area contributed by atoms with Gasteiger partial charge < -0.3 is 5.11 Å². The van der Waals surface area contributed by atoms with Crippen molar-refractivity contribution >= 4 is 56.8 Å². The molecule has 6 atom stereocenters. The molecule has 4 aliphatic rings. The lowest BCUT2D eigenvalue weighted by Crippen LogP contribution is -2.53. The first-order valence-corrected chi connectivity index (χ1v) is 16.1. The van der Waals surface area contributed by atoms with E-state index < -0.39 is 40.9 Å². The van der Waals surface area contributed by atoms with E-state index in [1.54, 1.807) is 42.5 Å². The molecule has 2 heterocycles. The number of amides is 4. The fourth-order valence-corrected chi connectivity index (χ4v) is 8.92. The van der Waals surface area contributed by atoms with Crippen molar-refractivity contribution in [1.29, 1.82) is 0 Å². The van der Waals surface area contributed by atoms with Gasteiger partial charge in [0.05, 0.1) is 28.9 Å². The van der Waals surface area contributed by atoms with E-state index in [-0.39, 0.29) is 29.9 Å². The molecule has 1 saturated carbocycles. The van der Waals surface area contributed by atoms with Crippen LogP contribution >= 0.6 is 27.5 Å². The number of hydrogen-bond acceptors (Lipinski definition) is 5. The summed E-state index contributed by atoms with van der Waals surface area (Å²) in [4.78, 5) is 59.8. The number of allylic oxidation sites excluding steroid dienone is 2. The Morgan fingerprint density at radius 3 is 2.43 bits per heavy atom. The lowest BCUT2D eigenvalue weighted by Gasteiger charge is -2.50. The molecule has 44 heavy (non-hydrogen) atoms. The highest BCUT2D eigenvalue weighted by Gasteiger charge is 2.70. The number of imide groups is 2. The van der Waals surface area contributed by atoms with Crippen LogP contribution in [0.15, 0.2) is 88.9 Å². The second-order valence-corrected chi connectivity index (χ2v) is 13.5.